The number of urea groups is 1. The van der Waals surface area contributed by atoms with Crippen LogP contribution in [0.2, 0.25) is 0 Å². The van der Waals surface area contributed by atoms with Crippen molar-refractivity contribution in [2.24, 2.45) is 0 Å². The maximum absolute atomic E-state index is 12.7. The molecule has 1 aliphatic heterocycles. The molecule has 0 aromatic heterocycles. The molecular formula is C17H20F2N2O6. The van der Waals surface area contributed by atoms with Crippen molar-refractivity contribution in [3.05, 3.63) is 29.8 Å². The van der Waals surface area contributed by atoms with Gasteiger partial charge in [-0.3, -0.25) is 9.69 Å². The molecule has 8 nitrogen and oxygen atoms in total. The van der Waals surface area contributed by atoms with E-state index in [1.165, 1.54) is 31.2 Å². The van der Waals surface area contributed by atoms with E-state index in [9.17, 15) is 23.2 Å². The number of benzene rings is 1. The molecule has 0 unspecified atom stereocenters. The van der Waals surface area contributed by atoms with E-state index < -0.39 is 30.1 Å². The van der Waals surface area contributed by atoms with Gasteiger partial charge in [0.1, 0.15) is 17.9 Å². The summed E-state index contributed by atoms with van der Waals surface area (Å²) in [5.41, 5.74) is -0.931. The Morgan fingerprint density at radius 3 is 2.52 bits per heavy atom. The van der Waals surface area contributed by atoms with Crippen LogP contribution < -0.4 is 10.1 Å². The highest BCUT2D eigenvalue weighted by atomic mass is 19.3. The Morgan fingerprint density at radius 1 is 1.26 bits per heavy atom. The molecule has 1 N–H and O–H groups in total. The number of halogens is 2. The molecule has 0 bridgehead atoms. The fraction of sp³-hybridized carbons (Fsp3) is 0.471. The van der Waals surface area contributed by atoms with E-state index in [-0.39, 0.29) is 32.1 Å². The molecular weight excluding hydrogens is 366 g/mol. The summed E-state index contributed by atoms with van der Waals surface area (Å²) in [7, 11) is 0. The van der Waals surface area contributed by atoms with Gasteiger partial charge < -0.3 is 19.5 Å². The number of carbonyl (C=O) groups is 3. The number of ether oxygens (including phenoxy) is 3. The van der Waals surface area contributed by atoms with Crippen molar-refractivity contribution < 1.29 is 37.4 Å². The number of rotatable bonds is 9. The lowest BCUT2D eigenvalue weighted by molar-refractivity contribution is -0.148. The Bertz CT molecular complexity index is 697. The zero-order chi connectivity index (χ0) is 20.0. The number of carbonyl (C=O) groups excluding carboxylic acids is 3. The van der Waals surface area contributed by atoms with Gasteiger partial charge in [-0.1, -0.05) is 12.1 Å². The van der Waals surface area contributed by atoms with Crippen molar-refractivity contribution in [2.75, 3.05) is 26.4 Å². The summed E-state index contributed by atoms with van der Waals surface area (Å²) in [6.45, 7) is 0.0917. The Hall–Kier alpha value is -2.75. The van der Waals surface area contributed by atoms with Crippen LogP contribution in [0.3, 0.4) is 0 Å². The van der Waals surface area contributed by atoms with Crippen LogP contribution >= 0.6 is 0 Å². The molecule has 148 valence electrons. The lowest BCUT2D eigenvalue weighted by Gasteiger charge is -2.22. The van der Waals surface area contributed by atoms with Crippen molar-refractivity contribution in [2.45, 2.75) is 26.0 Å². The molecule has 2 rings (SSSR count). The van der Waals surface area contributed by atoms with Crippen LogP contribution in [-0.4, -0.2) is 55.8 Å². The van der Waals surface area contributed by atoms with E-state index in [1.807, 2.05) is 0 Å². The second kappa shape index (κ2) is 8.76. The van der Waals surface area contributed by atoms with Gasteiger partial charge in [0.2, 0.25) is 0 Å². The number of nitrogens with zero attached hydrogens (tertiary/aromatic N) is 1. The van der Waals surface area contributed by atoms with Crippen molar-refractivity contribution in [1.29, 1.82) is 0 Å². The predicted molar refractivity (Wildman–Crippen MR) is 88.1 cm³/mol. The average molecular weight is 386 g/mol. The second-order valence-electron chi connectivity index (χ2n) is 5.77. The first-order chi connectivity index (χ1) is 12.8. The molecule has 1 aromatic carbocycles. The lowest BCUT2D eigenvalue weighted by atomic mass is 9.92. The Kier molecular flexibility index (Phi) is 6.67. The minimum absolute atomic E-state index is 0.0325. The van der Waals surface area contributed by atoms with E-state index in [4.69, 9.17) is 9.47 Å². The van der Waals surface area contributed by atoms with Gasteiger partial charge in [0, 0.05) is 0 Å². The van der Waals surface area contributed by atoms with Gasteiger partial charge in [0.05, 0.1) is 19.8 Å². The van der Waals surface area contributed by atoms with Crippen LogP contribution in [0.15, 0.2) is 24.3 Å². The molecule has 1 aliphatic rings. The maximum atomic E-state index is 12.7. The molecule has 1 fully saturated rings. The molecule has 0 radical (unpaired) electrons. The fourth-order valence-electron chi connectivity index (χ4n) is 2.58. The van der Waals surface area contributed by atoms with Crippen molar-refractivity contribution >= 4 is 17.9 Å². The summed E-state index contributed by atoms with van der Waals surface area (Å²) < 4.78 is 38.5. The van der Waals surface area contributed by atoms with Crippen molar-refractivity contribution in [1.82, 2.24) is 10.2 Å². The molecule has 1 saturated heterocycles. The SMILES string of the molecule is CCOC(=O)COCCN1C(=O)N[C@@](C)(c2ccc(OC(F)F)cc2)C1=O. The highest BCUT2D eigenvalue weighted by Crippen LogP contribution is 2.30. The van der Waals surface area contributed by atoms with Crippen LogP contribution in [0.4, 0.5) is 13.6 Å². The zero-order valence-corrected chi connectivity index (χ0v) is 14.9. The van der Waals surface area contributed by atoms with Crippen molar-refractivity contribution in [3.63, 3.8) is 0 Å². The summed E-state index contributed by atoms with van der Waals surface area (Å²) >= 11 is 0. The van der Waals surface area contributed by atoms with Gasteiger partial charge >= 0.3 is 18.6 Å². The normalized spacial score (nSPS) is 19.4. The van der Waals surface area contributed by atoms with Crippen LogP contribution in [-0.2, 0) is 24.6 Å². The third kappa shape index (κ3) is 4.91. The van der Waals surface area contributed by atoms with Gasteiger partial charge in [0.15, 0.2) is 0 Å². The molecule has 0 spiro atoms. The number of alkyl halides is 2. The largest absolute Gasteiger partial charge is 0.464 e. The van der Waals surface area contributed by atoms with E-state index >= 15 is 0 Å². The minimum Gasteiger partial charge on any atom is -0.464 e. The molecule has 10 heteroatoms. The first-order valence-electron chi connectivity index (χ1n) is 8.20. The smallest absolute Gasteiger partial charge is 0.387 e. The Morgan fingerprint density at radius 2 is 1.93 bits per heavy atom. The molecule has 27 heavy (non-hydrogen) atoms. The number of nitrogens with one attached hydrogen (secondary N) is 1. The second-order valence-corrected chi connectivity index (χ2v) is 5.77. The lowest BCUT2D eigenvalue weighted by Crippen LogP contribution is -2.41. The van der Waals surface area contributed by atoms with Crippen LogP contribution in [0.25, 0.3) is 0 Å². The third-order valence-corrected chi connectivity index (χ3v) is 3.92. The highest BCUT2D eigenvalue weighted by molar-refractivity contribution is 6.07. The molecule has 1 aromatic rings. The summed E-state index contributed by atoms with van der Waals surface area (Å²) in [5.74, 6) is -1.11. The maximum Gasteiger partial charge on any atom is 0.387 e. The Balaban J connectivity index is 1.98. The molecule has 0 aliphatic carbocycles. The van der Waals surface area contributed by atoms with E-state index in [0.717, 1.165) is 4.90 Å². The highest BCUT2D eigenvalue weighted by Gasteiger charge is 2.48. The standard InChI is InChI=1S/C17H20F2N2O6/c1-3-26-13(22)10-25-9-8-21-14(23)17(2,20-16(21)24)11-4-6-12(7-5-11)27-15(18)19/h4-7,15H,3,8-10H2,1-2H3,(H,20,24)/t17-/m0/s1. The summed E-state index contributed by atoms with van der Waals surface area (Å²) in [6.07, 6.45) is 0. The molecule has 1 heterocycles. The van der Waals surface area contributed by atoms with Crippen LogP contribution in [0.1, 0.15) is 19.4 Å². The van der Waals surface area contributed by atoms with Gasteiger partial charge in [0.25, 0.3) is 5.91 Å². The third-order valence-electron chi connectivity index (χ3n) is 3.92. The predicted octanol–water partition coefficient (Wildman–Crippen LogP) is 1.63. The zero-order valence-electron chi connectivity index (χ0n) is 14.9. The van der Waals surface area contributed by atoms with Gasteiger partial charge in [-0.25, -0.2) is 9.59 Å². The summed E-state index contributed by atoms with van der Waals surface area (Å²) in [5, 5.41) is 2.58. The van der Waals surface area contributed by atoms with E-state index in [1.54, 1.807) is 6.92 Å². The molecule has 1 atom stereocenters. The first kappa shape index (κ1) is 20.6. The average Bonchev–Trinajstić information content (AvgIpc) is 2.82. The number of amides is 3. The monoisotopic (exact) mass is 386 g/mol. The summed E-state index contributed by atoms with van der Waals surface area (Å²) in [6, 6.07) is 4.82. The number of hydrogen-bond acceptors (Lipinski definition) is 6. The van der Waals surface area contributed by atoms with E-state index in [0.29, 0.717) is 5.56 Å². The molecule has 3 amide bonds. The van der Waals surface area contributed by atoms with Crippen LogP contribution in [0.5, 0.6) is 5.75 Å². The Labute approximate surface area is 154 Å². The minimum atomic E-state index is -2.95. The summed E-state index contributed by atoms with van der Waals surface area (Å²) in [4.78, 5) is 37.0. The topological polar surface area (TPSA) is 94.2 Å². The number of hydrogen-bond donors (Lipinski definition) is 1. The van der Waals surface area contributed by atoms with Crippen molar-refractivity contribution in [3.8, 4) is 5.75 Å². The van der Waals surface area contributed by atoms with E-state index in [2.05, 4.69) is 10.1 Å². The number of esters is 1. The molecule has 0 saturated carbocycles. The van der Waals surface area contributed by atoms with Gasteiger partial charge in [-0.2, -0.15) is 8.78 Å². The number of imide groups is 1. The fourth-order valence-corrected chi connectivity index (χ4v) is 2.58. The van der Waals surface area contributed by atoms with Gasteiger partial charge in [-0.05, 0) is 31.5 Å². The first-order valence-corrected chi connectivity index (χ1v) is 8.20. The van der Waals surface area contributed by atoms with Crippen LogP contribution in [0, 0.1) is 0 Å². The quantitative estimate of drug-likeness (QED) is 0.394. The van der Waals surface area contributed by atoms with Gasteiger partial charge in [-0.15, -0.1) is 0 Å².